The molecule has 0 unspecified atom stereocenters. The van der Waals surface area contributed by atoms with Crippen LogP contribution in [0.3, 0.4) is 0 Å². The van der Waals surface area contributed by atoms with Crippen molar-refractivity contribution < 1.29 is 22.0 Å². The second-order valence-corrected chi connectivity index (χ2v) is 11.9. The number of fused-ring (bicyclic) bond motifs is 1. The summed E-state index contributed by atoms with van der Waals surface area (Å²) in [5, 5.41) is 5.61. The zero-order chi connectivity index (χ0) is 30.5. The molecule has 1 aliphatic rings. The van der Waals surface area contributed by atoms with Gasteiger partial charge in [-0.1, -0.05) is 36.4 Å². The van der Waals surface area contributed by atoms with Crippen molar-refractivity contribution in [2.75, 3.05) is 24.5 Å². The normalized spacial score (nSPS) is 15.7. The zero-order valence-corrected chi connectivity index (χ0v) is 24.2. The van der Waals surface area contributed by atoms with Crippen LogP contribution in [-0.4, -0.2) is 54.5 Å². The molecule has 0 bridgehead atoms. The summed E-state index contributed by atoms with van der Waals surface area (Å²) in [5.74, 6) is -1.75. The number of sulfonamides is 1. The highest BCUT2D eigenvalue weighted by atomic mass is 35.5. The molecule has 13 heteroatoms. The van der Waals surface area contributed by atoms with Gasteiger partial charge in [-0.25, -0.2) is 27.1 Å². The molecular formula is C29H26ClF2N5O4S. The molecule has 1 fully saturated rings. The van der Waals surface area contributed by atoms with Crippen molar-refractivity contribution in [2.45, 2.75) is 24.8 Å². The number of hydrogen-bond donors (Lipinski definition) is 1. The minimum atomic E-state index is -4.33. The number of carbonyl (C=O) groups excluding carboxylic acids is 1. The maximum Gasteiger partial charge on any atom is 0.354 e. The Morgan fingerprint density at radius 3 is 2.50 bits per heavy atom. The smallest absolute Gasteiger partial charge is 0.350 e. The van der Waals surface area contributed by atoms with E-state index in [0.29, 0.717) is 12.1 Å². The number of piperazine rings is 1. The van der Waals surface area contributed by atoms with Crippen LogP contribution in [0.15, 0.2) is 70.9 Å². The molecule has 1 aromatic heterocycles. The molecule has 42 heavy (non-hydrogen) atoms. The minimum absolute atomic E-state index is 0.0525. The molecule has 1 atom stereocenters. The lowest BCUT2D eigenvalue weighted by Gasteiger charge is -2.40. The lowest BCUT2D eigenvalue weighted by Crippen LogP contribution is -2.54. The number of benzene rings is 3. The third-order valence-corrected chi connectivity index (χ3v) is 8.57. The van der Waals surface area contributed by atoms with Crippen molar-refractivity contribution in [1.82, 2.24) is 14.5 Å². The van der Waals surface area contributed by atoms with Gasteiger partial charge in [0.25, 0.3) is 0 Å². The molecular weight excluding hydrogens is 588 g/mol. The molecule has 2 N–H and O–H groups in total. The van der Waals surface area contributed by atoms with Crippen LogP contribution in [0.1, 0.15) is 12.5 Å². The summed E-state index contributed by atoms with van der Waals surface area (Å²) in [4.78, 5) is 33.4. The van der Waals surface area contributed by atoms with Crippen LogP contribution in [0.25, 0.3) is 27.7 Å². The van der Waals surface area contributed by atoms with Gasteiger partial charge in [0.2, 0.25) is 15.9 Å². The van der Waals surface area contributed by atoms with Crippen molar-refractivity contribution in [2.24, 2.45) is 5.14 Å². The van der Waals surface area contributed by atoms with Crippen molar-refractivity contribution >= 4 is 44.3 Å². The molecule has 0 radical (unpaired) electrons. The highest BCUT2D eigenvalue weighted by Crippen LogP contribution is 2.38. The summed E-state index contributed by atoms with van der Waals surface area (Å²) in [6, 6.07) is 10.3. The van der Waals surface area contributed by atoms with E-state index in [-0.39, 0.29) is 68.5 Å². The van der Waals surface area contributed by atoms with Gasteiger partial charge >= 0.3 is 5.69 Å². The number of para-hydroxylation sites is 1. The second kappa shape index (κ2) is 10.9. The van der Waals surface area contributed by atoms with Crippen LogP contribution in [0, 0.1) is 18.6 Å². The first kappa shape index (κ1) is 29.4. The molecule has 3 aromatic carbocycles. The lowest BCUT2D eigenvalue weighted by atomic mass is 10.0. The standard InChI is InChI=1S/C29H26ClF2N5O4S/c1-4-25(38)35-11-12-36(17(3)15-35)28-19-13-22(32)18(26-20(30)8-6-9-21(26)31)14-23(19)37(29(39)34-28)27-16(2)7-5-10-24(27)42(33,40)41/h4-10,13-14,17H,1,11-12,15H2,2-3H3,(H2,33,40,41)/t17-/m0/s1. The number of primary sulfonamides is 1. The van der Waals surface area contributed by atoms with E-state index in [2.05, 4.69) is 11.6 Å². The largest absolute Gasteiger partial charge is 0.354 e. The van der Waals surface area contributed by atoms with Crippen molar-refractivity contribution in [3.05, 3.63) is 93.9 Å². The predicted octanol–water partition coefficient (Wildman–Crippen LogP) is 4.16. The number of carbonyl (C=O) groups is 1. The van der Waals surface area contributed by atoms with E-state index < -0.39 is 27.3 Å². The Kier molecular flexibility index (Phi) is 7.64. The molecule has 9 nitrogen and oxygen atoms in total. The van der Waals surface area contributed by atoms with E-state index in [1.165, 1.54) is 36.4 Å². The van der Waals surface area contributed by atoms with Crippen LogP contribution in [0.5, 0.6) is 0 Å². The molecule has 218 valence electrons. The van der Waals surface area contributed by atoms with Gasteiger partial charge in [0.15, 0.2) is 0 Å². The van der Waals surface area contributed by atoms with Crippen LogP contribution >= 0.6 is 11.6 Å². The molecule has 5 rings (SSSR count). The predicted molar refractivity (Wildman–Crippen MR) is 157 cm³/mol. The van der Waals surface area contributed by atoms with Gasteiger partial charge in [-0.3, -0.25) is 9.36 Å². The average molecular weight is 614 g/mol. The topological polar surface area (TPSA) is 119 Å². The van der Waals surface area contributed by atoms with E-state index in [0.717, 1.165) is 16.7 Å². The lowest BCUT2D eigenvalue weighted by molar-refractivity contribution is -0.126. The molecule has 2 heterocycles. The molecule has 0 aliphatic carbocycles. The molecule has 4 aromatic rings. The van der Waals surface area contributed by atoms with Gasteiger partial charge in [0.05, 0.1) is 16.2 Å². The fourth-order valence-corrected chi connectivity index (χ4v) is 6.42. The molecule has 1 aliphatic heterocycles. The third-order valence-electron chi connectivity index (χ3n) is 7.31. The van der Waals surface area contributed by atoms with Crippen LogP contribution in [0.2, 0.25) is 5.02 Å². The van der Waals surface area contributed by atoms with Gasteiger partial charge in [0, 0.05) is 42.2 Å². The van der Waals surface area contributed by atoms with Crippen molar-refractivity contribution in [3.8, 4) is 16.8 Å². The number of aromatic nitrogens is 2. The molecule has 0 saturated carbocycles. The van der Waals surface area contributed by atoms with Crippen LogP contribution in [0.4, 0.5) is 14.6 Å². The zero-order valence-electron chi connectivity index (χ0n) is 22.6. The van der Waals surface area contributed by atoms with Gasteiger partial charge in [-0.2, -0.15) is 4.98 Å². The summed E-state index contributed by atoms with van der Waals surface area (Å²) in [7, 11) is -4.33. The van der Waals surface area contributed by atoms with Gasteiger partial charge < -0.3 is 9.80 Å². The number of nitrogens with two attached hydrogens (primary N) is 1. The Bertz CT molecular complexity index is 1930. The highest BCUT2D eigenvalue weighted by molar-refractivity contribution is 7.89. The quantitative estimate of drug-likeness (QED) is 0.338. The number of rotatable bonds is 5. The first-order valence-electron chi connectivity index (χ1n) is 12.8. The highest BCUT2D eigenvalue weighted by Gasteiger charge is 2.30. The number of nitrogens with zero attached hydrogens (tertiary/aromatic N) is 4. The van der Waals surface area contributed by atoms with Crippen LogP contribution in [-0.2, 0) is 14.8 Å². The van der Waals surface area contributed by atoms with Crippen LogP contribution < -0.4 is 15.7 Å². The summed E-state index contributed by atoms with van der Waals surface area (Å²) < 4.78 is 57.1. The van der Waals surface area contributed by atoms with Crippen molar-refractivity contribution in [3.63, 3.8) is 0 Å². The van der Waals surface area contributed by atoms with Gasteiger partial charge in [-0.15, -0.1) is 0 Å². The Hall–Kier alpha value is -4.13. The van der Waals surface area contributed by atoms with E-state index in [4.69, 9.17) is 16.7 Å². The fourth-order valence-electron chi connectivity index (χ4n) is 5.36. The first-order valence-corrected chi connectivity index (χ1v) is 14.8. The third kappa shape index (κ3) is 5.06. The molecule has 0 spiro atoms. The number of aryl methyl sites for hydroxylation is 1. The monoisotopic (exact) mass is 613 g/mol. The first-order chi connectivity index (χ1) is 19.8. The Morgan fingerprint density at radius 2 is 1.86 bits per heavy atom. The maximum atomic E-state index is 15.9. The van der Waals surface area contributed by atoms with Crippen molar-refractivity contribution in [1.29, 1.82) is 0 Å². The number of hydrogen-bond acceptors (Lipinski definition) is 6. The SMILES string of the molecule is C=CC(=O)N1CCN(c2nc(=O)n(-c3c(C)cccc3S(N)(=O)=O)c3cc(-c4c(F)cccc4Cl)c(F)cc23)[C@@H](C)C1. The molecule has 1 amide bonds. The summed E-state index contributed by atoms with van der Waals surface area (Å²) >= 11 is 6.28. The summed E-state index contributed by atoms with van der Waals surface area (Å²) in [6.45, 7) is 7.78. The number of halogens is 3. The van der Waals surface area contributed by atoms with Gasteiger partial charge in [-0.05, 0) is 55.8 Å². The van der Waals surface area contributed by atoms with E-state index in [1.807, 2.05) is 6.92 Å². The number of amides is 1. The summed E-state index contributed by atoms with van der Waals surface area (Å²) in [6.07, 6.45) is 1.22. The summed E-state index contributed by atoms with van der Waals surface area (Å²) in [5.41, 5.74) is -0.976. The average Bonchev–Trinajstić information content (AvgIpc) is 2.92. The van der Waals surface area contributed by atoms with E-state index in [1.54, 1.807) is 22.8 Å². The Morgan fingerprint density at radius 1 is 1.14 bits per heavy atom. The second-order valence-electron chi connectivity index (χ2n) is 10.00. The Labute approximate surface area is 245 Å². The number of anilines is 1. The Balaban J connectivity index is 1.86. The maximum absolute atomic E-state index is 15.9. The van der Waals surface area contributed by atoms with E-state index in [9.17, 15) is 22.4 Å². The molecule has 1 saturated heterocycles. The fraction of sp³-hybridized carbons (Fsp3) is 0.207. The van der Waals surface area contributed by atoms with Gasteiger partial charge in [0.1, 0.15) is 22.3 Å². The minimum Gasteiger partial charge on any atom is -0.350 e. The van der Waals surface area contributed by atoms with E-state index >= 15 is 4.39 Å².